The smallest absolute Gasteiger partial charge is 0.246 e. The topological polar surface area (TPSA) is 92.1 Å². The minimum Gasteiger partial charge on any atom is -0.326 e. The maximum absolute atomic E-state index is 12.1. The third-order valence-corrected chi connectivity index (χ3v) is 4.92. The summed E-state index contributed by atoms with van der Waals surface area (Å²) >= 11 is 0. The van der Waals surface area contributed by atoms with Gasteiger partial charge in [0.25, 0.3) is 0 Å². The monoisotopic (exact) mass is 244 g/mol. The molecule has 16 heavy (non-hydrogen) atoms. The van der Waals surface area contributed by atoms with E-state index in [1.54, 1.807) is 0 Å². The summed E-state index contributed by atoms with van der Waals surface area (Å²) in [5, 5.41) is 6.16. The van der Waals surface area contributed by atoms with Crippen LogP contribution in [0.2, 0.25) is 0 Å². The zero-order valence-corrected chi connectivity index (χ0v) is 9.94. The largest absolute Gasteiger partial charge is 0.326 e. The lowest BCUT2D eigenvalue weighted by atomic mass is 9.96. The van der Waals surface area contributed by atoms with Crippen molar-refractivity contribution in [2.45, 2.75) is 24.3 Å². The van der Waals surface area contributed by atoms with E-state index in [0.717, 1.165) is 6.42 Å². The summed E-state index contributed by atoms with van der Waals surface area (Å²) in [6, 6.07) is -0.0876. The molecule has 2 heterocycles. The van der Waals surface area contributed by atoms with E-state index in [4.69, 9.17) is 5.73 Å². The summed E-state index contributed by atoms with van der Waals surface area (Å²) in [6.45, 7) is 2.96. The van der Waals surface area contributed by atoms with E-state index in [1.807, 2.05) is 6.92 Å². The molecule has 1 fully saturated rings. The lowest BCUT2D eigenvalue weighted by molar-refractivity contribution is 0.253. The number of nitrogens with two attached hydrogens (primary N) is 1. The van der Waals surface area contributed by atoms with Crippen LogP contribution in [-0.4, -0.2) is 42.1 Å². The van der Waals surface area contributed by atoms with Gasteiger partial charge in [0.1, 0.15) is 4.90 Å². The highest BCUT2D eigenvalue weighted by Gasteiger charge is 2.32. The Balaban J connectivity index is 2.20. The van der Waals surface area contributed by atoms with Crippen LogP contribution in [0.1, 0.15) is 13.3 Å². The first kappa shape index (κ1) is 11.6. The lowest BCUT2D eigenvalue weighted by Gasteiger charge is -2.33. The van der Waals surface area contributed by atoms with Crippen molar-refractivity contribution in [2.24, 2.45) is 11.7 Å². The predicted octanol–water partition coefficient (Wildman–Crippen LogP) is -0.232. The van der Waals surface area contributed by atoms with Gasteiger partial charge in [-0.25, -0.2) is 8.42 Å². The van der Waals surface area contributed by atoms with Gasteiger partial charge in [-0.05, 0) is 12.3 Å². The number of hydrogen-bond acceptors (Lipinski definition) is 4. The molecule has 1 aliphatic heterocycles. The normalized spacial score (nSPS) is 28.1. The quantitative estimate of drug-likeness (QED) is 0.751. The first-order valence-electron chi connectivity index (χ1n) is 5.26. The second kappa shape index (κ2) is 4.15. The van der Waals surface area contributed by atoms with Crippen molar-refractivity contribution >= 4 is 10.0 Å². The SMILES string of the molecule is CC1CCN(S(=O)(=O)c2cn[nH]c2)CC1N. The van der Waals surface area contributed by atoms with Gasteiger partial charge in [-0.1, -0.05) is 6.92 Å². The number of aromatic nitrogens is 2. The summed E-state index contributed by atoms with van der Waals surface area (Å²) in [7, 11) is -3.42. The first-order chi connectivity index (χ1) is 7.51. The van der Waals surface area contributed by atoms with Gasteiger partial charge in [0.05, 0.1) is 6.20 Å². The van der Waals surface area contributed by atoms with Crippen LogP contribution in [0.15, 0.2) is 17.3 Å². The van der Waals surface area contributed by atoms with Crippen molar-refractivity contribution in [1.82, 2.24) is 14.5 Å². The summed E-state index contributed by atoms with van der Waals surface area (Å²) < 4.78 is 25.7. The van der Waals surface area contributed by atoms with Gasteiger partial charge in [-0.3, -0.25) is 5.10 Å². The number of nitrogens with zero attached hydrogens (tertiary/aromatic N) is 2. The first-order valence-corrected chi connectivity index (χ1v) is 6.70. The van der Waals surface area contributed by atoms with Crippen molar-refractivity contribution in [1.29, 1.82) is 0 Å². The molecule has 2 rings (SSSR count). The second-order valence-corrected chi connectivity index (χ2v) is 6.16. The van der Waals surface area contributed by atoms with Gasteiger partial charge in [0.15, 0.2) is 0 Å². The zero-order chi connectivity index (χ0) is 11.8. The Bertz CT molecular complexity index is 442. The van der Waals surface area contributed by atoms with E-state index in [1.165, 1.54) is 16.7 Å². The van der Waals surface area contributed by atoms with Crippen molar-refractivity contribution in [3.05, 3.63) is 12.4 Å². The van der Waals surface area contributed by atoms with E-state index >= 15 is 0 Å². The number of H-pyrrole nitrogens is 1. The molecule has 90 valence electrons. The third-order valence-electron chi connectivity index (χ3n) is 3.09. The van der Waals surface area contributed by atoms with Gasteiger partial charge in [-0.2, -0.15) is 9.40 Å². The van der Waals surface area contributed by atoms with Crippen molar-refractivity contribution < 1.29 is 8.42 Å². The second-order valence-electron chi connectivity index (χ2n) is 4.23. The van der Waals surface area contributed by atoms with Crippen LogP contribution in [0, 0.1) is 5.92 Å². The van der Waals surface area contributed by atoms with Gasteiger partial charge in [0.2, 0.25) is 10.0 Å². The molecule has 0 aliphatic carbocycles. The fourth-order valence-electron chi connectivity index (χ4n) is 1.82. The van der Waals surface area contributed by atoms with Crippen LogP contribution in [-0.2, 0) is 10.0 Å². The Kier molecular flexibility index (Phi) is 3.00. The molecular formula is C9H16N4O2S. The molecule has 2 atom stereocenters. The Hall–Kier alpha value is -0.920. The maximum Gasteiger partial charge on any atom is 0.246 e. The molecule has 0 saturated carbocycles. The minimum absolute atomic E-state index is 0.0876. The van der Waals surface area contributed by atoms with E-state index in [0.29, 0.717) is 19.0 Å². The zero-order valence-electron chi connectivity index (χ0n) is 9.13. The Morgan fingerprint density at radius 3 is 2.94 bits per heavy atom. The molecule has 1 saturated heterocycles. The molecule has 1 aliphatic rings. The minimum atomic E-state index is -3.42. The van der Waals surface area contributed by atoms with Crippen molar-refractivity contribution in [2.75, 3.05) is 13.1 Å². The summed E-state index contributed by atoms with van der Waals surface area (Å²) in [6.07, 6.45) is 3.51. The highest BCUT2D eigenvalue weighted by molar-refractivity contribution is 7.89. The molecule has 1 aromatic heterocycles. The molecule has 0 amide bonds. The van der Waals surface area contributed by atoms with E-state index < -0.39 is 10.0 Å². The lowest BCUT2D eigenvalue weighted by Crippen LogP contribution is -2.49. The fourth-order valence-corrected chi connectivity index (χ4v) is 3.22. The van der Waals surface area contributed by atoms with E-state index in [9.17, 15) is 8.42 Å². The third kappa shape index (κ3) is 1.98. The molecule has 0 aromatic carbocycles. The number of nitrogens with one attached hydrogen (secondary N) is 1. The number of hydrogen-bond donors (Lipinski definition) is 2. The highest BCUT2D eigenvalue weighted by Crippen LogP contribution is 2.22. The summed E-state index contributed by atoms with van der Waals surface area (Å²) in [4.78, 5) is 0.203. The Morgan fingerprint density at radius 2 is 2.38 bits per heavy atom. The van der Waals surface area contributed by atoms with Gasteiger partial charge >= 0.3 is 0 Å². The Morgan fingerprint density at radius 1 is 1.62 bits per heavy atom. The molecule has 7 heteroatoms. The number of aromatic amines is 1. The van der Waals surface area contributed by atoms with Gasteiger partial charge in [0, 0.05) is 25.3 Å². The van der Waals surface area contributed by atoms with Crippen LogP contribution >= 0.6 is 0 Å². The van der Waals surface area contributed by atoms with Crippen LogP contribution < -0.4 is 5.73 Å². The molecule has 0 spiro atoms. The molecule has 0 radical (unpaired) electrons. The summed E-state index contributed by atoms with van der Waals surface area (Å²) in [5.74, 6) is 0.371. The molecular weight excluding hydrogens is 228 g/mol. The molecule has 2 unspecified atom stereocenters. The highest BCUT2D eigenvalue weighted by atomic mass is 32.2. The van der Waals surface area contributed by atoms with Gasteiger partial charge in [-0.15, -0.1) is 0 Å². The van der Waals surface area contributed by atoms with E-state index in [-0.39, 0.29) is 10.9 Å². The van der Waals surface area contributed by atoms with Crippen LogP contribution in [0.3, 0.4) is 0 Å². The van der Waals surface area contributed by atoms with Crippen LogP contribution in [0.4, 0.5) is 0 Å². The average molecular weight is 244 g/mol. The number of rotatable bonds is 2. The molecule has 6 nitrogen and oxygen atoms in total. The Labute approximate surface area is 94.9 Å². The van der Waals surface area contributed by atoms with Crippen LogP contribution in [0.5, 0.6) is 0 Å². The van der Waals surface area contributed by atoms with Crippen LogP contribution in [0.25, 0.3) is 0 Å². The molecule has 0 bridgehead atoms. The van der Waals surface area contributed by atoms with Crippen molar-refractivity contribution in [3.8, 4) is 0 Å². The maximum atomic E-state index is 12.1. The van der Waals surface area contributed by atoms with E-state index in [2.05, 4.69) is 10.2 Å². The summed E-state index contributed by atoms with van der Waals surface area (Å²) in [5.41, 5.74) is 5.89. The van der Waals surface area contributed by atoms with Gasteiger partial charge < -0.3 is 5.73 Å². The molecule has 1 aromatic rings. The van der Waals surface area contributed by atoms with Crippen molar-refractivity contribution in [3.63, 3.8) is 0 Å². The average Bonchev–Trinajstić information content (AvgIpc) is 2.75. The predicted molar refractivity (Wildman–Crippen MR) is 59.1 cm³/mol. The fraction of sp³-hybridized carbons (Fsp3) is 0.667. The molecule has 3 N–H and O–H groups in total. The standard InChI is InChI=1S/C9H16N4O2S/c1-7-2-3-13(6-9(7)10)16(14,15)8-4-11-12-5-8/h4-5,7,9H,2-3,6,10H2,1H3,(H,11,12). The number of piperidine rings is 1. The number of sulfonamides is 1.